The quantitative estimate of drug-likeness (QED) is 0.365. The fourth-order valence-corrected chi connectivity index (χ4v) is 3.04. The van der Waals surface area contributed by atoms with Gasteiger partial charge < -0.3 is 25.0 Å². The highest BCUT2D eigenvalue weighted by Crippen LogP contribution is 2.30. The summed E-state index contributed by atoms with van der Waals surface area (Å²) in [6.07, 6.45) is 4.42. The Balaban J connectivity index is 1.92. The van der Waals surface area contributed by atoms with Crippen molar-refractivity contribution in [1.29, 1.82) is 0 Å². The van der Waals surface area contributed by atoms with Crippen LogP contribution in [-0.4, -0.2) is 67.2 Å². The molecule has 1 aromatic carbocycles. The molecule has 0 unspecified atom stereocenters. The third kappa shape index (κ3) is 6.14. The van der Waals surface area contributed by atoms with Gasteiger partial charge in [-0.25, -0.2) is 9.78 Å². The highest BCUT2D eigenvalue weighted by Gasteiger charge is 2.13. The van der Waals surface area contributed by atoms with Gasteiger partial charge in [0.05, 0.1) is 31.2 Å². The molecule has 0 spiro atoms. The summed E-state index contributed by atoms with van der Waals surface area (Å²) in [4.78, 5) is 27.5. The molecule has 32 heavy (non-hydrogen) atoms. The summed E-state index contributed by atoms with van der Waals surface area (Å²) in [5.74, 6) is 1.18. The molecule has 2 aromatic heterocycles. The molecule has 3 aromatic rings. The molecule has 9 heteroatoms. The van der Waals surface area contributed by atoms with Crippen LogP contribution in [0.3, 0.4) is 0 Å². The van der Waals surface area contributed by atoms with E-state index in [0.29, 0.717) is 34.5 Å². The van der Waals surface area contributed by atoms with Crippen LogP contribution >= 0.6 is 0 Å². The van der Waals surface area contributed by atoms with Crippen molar-refractivity contribution >= 4 is 23.4 Å². The second-order valence-corrected chi connectivity index (χ2v) is 7.32. The Morgan fingerprint density at radius 2 is 1.97 bits per heavy atom. The van der Waals surface area contributed by atoms with Crippen LogP contribution in [-0.2, 0) is 4.74 Å². The van der Waals surface area contributed by atoms with Gasteiger partial charge in [-0.3, -0.25) is 4.98 Å². The normalized spacial score (nSPS) is 10.7. The average Bonchev–Trinajstić information content (AvgIpc) is 2.81. The van der Waals surface area contributed by atoms with Crippen LogP contribution in [0.25, 0.3) is 11.3 Å². The lowest BCUT2D eigenvalue weighted by Crippen LogP contribution is -2.17. The van der Waals surface area contributed by atoms with Crippen LogP contribution in [0.5, 0.6) is 5.75 Å². The SMILES string of the molecule is COC(=O)c1ccc(OC)c(Nc2cc(-c3cccnc3)nc(NCCCN(C)C)n2)c1. The van der Waals surface area contributed by atoms with E-state index in [1.54, 1.807) is 37.7 Å². The summed E-state index contributed by atoms with van der Waals surface area (Å²) in [6.45, 7) is 1.69. The Morgan fingerprint density at radius 3 is 2.66 bits per heavy atom. The number of benzene rings is 1. The molecule has 2 heterocycles. The molecule has 0 aliphatic carbocycles. The smallest absolute Gasteiger partial charge is 0.337 e. The number of pyridine rings is 1. The summed E-state index contributed by atoms with van der Waals surface area (Å²) in [5.41, 5.74) is 2.57. The lowest BCUT2D eigenvalue weighted by molar-refractivity contribution is 0.0600. The average molecular weight is 437 g/mol. The zero-order valence-electron chi connectivity index (χ0n) is 18.8. The van der Waals surface area contributed by atoms with E-state index in [1.807, 2.05) is 32.3 Å². The van der Waals surface area contributed by atoms with Crippen molar-refractivity contribution < 1.29 is 14.3 Å². The van der Waals surface area contributed by atoms with E-state index in [1.165, 1.54) is 7.11 Å². The molecular weight excluding hydrogens is 408 g/mol. The first kappa shape index (κ1) is 23.0. The number of aromatic nitrogens is 3. The predicted molar refractivity (Wildman–Crippen MR) is 125 cm³/mol. The highest BCUT2D eigenvalue weighted by molar-refractivity contribution is 5.91. The maximum Gasteiger partial charge on any atom is 0.337 e. The first-order chi connectivity index (χ1) is 15.5. The van der Waals surface area contributed by atoms with Gasteiger partial charge in [0.2, 0.25) is 5.95 Å². The second kappa shape index (κ2) is 11.1. The van der Waals surface area contributed by atoms with Gasteiger partial charge in [-0.2, -0.15) is 4.98 Å². The van der Waals surface area contributed by atoms with Crippen LogP contribution in [0.4, 0.5) is 17.5 Å². The summed E-state index contributed by atoms with van der Waals surface area (Å²) in [7, 11) is 6.99. The predicted octanol–water partition coefficient (Wildman–Crippen LogP) is 3.44. The van der Waals surface area contributed by atoms with Gasteiger partial charge in [0.15, 0.2) is 0 Å². The lowest BCUT2D eigenvalue weighted by Gasteiger charge is -2.15. The monoisotopic (exact) mass is 436 g/mol. The third-order valence-electron chi connectivity index (χ3n) is 4.63. The molecule has 168 valence electrons. The van der Waals surface area contributed by atoms with Crippen molar-refractivity contribution in [3.05, 3.63) is 54.4 Å². The maximum atomic E-state index is 12.0. The number of carbonyl (C=O) groups excluding carboxylic acids is 1. The summed E-state index contributed by atoms with van der Waals surface area (Å²) < 4.78 is 10.3. The van der Waals surface area contributed by atoms with Crippen LogP contribution < -0.4 is 15.4 Å². The number of nitrogens with one attached hydrogen (secondary N) is 2. The number of methoxy groups -OCH3 is 2. The maximum absolute atomic E-state index is 12.0. The molecule has 0 saturated carbocycles. The molecule has 0 saturated heterocycles. The van der Waals surface area contributed by atoms with Crippen molar-refractivity contribution in [1.82, 2.24) is 19.9 Å². The fraction of sp³-hybridized carbons (Fsp3) is 0.304. The van der Waals surface area contributed by atoms with Crippen LogP contribution in [0.15, 0.2) is 48.8 Å². The lowest BCUT2D eigenvalue weighted by atomic mass is 10.1. The molecule has 9 nitrogen and oxygen atoms in total. The molecule has 0 atom stereocenters. The van der Waals surface area contributed by atoms with Crippen LogP contribution in [0.2, 0.25) is 0 Å². The van der Waals surface area contributed by atoms with Gasteiger partial charge in [0.1, 0.15) is 11.6 Å². The number of hydrogen-bond donors (Lipinski definition) is 2. The van der Waals surface area contributed by atoms with Crippen molar-refractivity contribution in [3.63, 3.8) is 0 Å². The van der Waals surface area contributed by atoms with Gasteiger partial charge in [-0.15, -0.1) is 0 Å². The van der Waals surface area contributed by atoms with E-state index in [9.17, 15) is 4.79 Å². The molecule has 0 aliphatic heterocycles. The molecule has 0 amide bonds. The van der Waals surface area contributed by atoms with Gasteiger partial charge in [0.25, 0.3) is 0 Å². The summed E-state index contributed by atoms with van der Waals surface area (Å²) >= 11 is 0. The Labute approximate surface area is 187 Å². The molecule has 3 rings (SSSR count). The molecule has 0 bridgehead atoms. The minimum atomic E-state index is -0.433. The van der Waals surface area contributed by atoms with Gasteiger partial charge in [-0.05, 0) is 57.4 Å². The standard InChI is InChI=1S/C23H28N6O3/c1-29(2)12-6-11-25-23-27-18(17-7-5-10-24-15-17)14-21(28-23)26-19-13-16(22(30)32-4)8-9-20(19)31-3/h5,7-10,13-15H,6,11-12H2,1-4H3,(H2,25,26,27,28). The van der Waals surface area contributed by atoms with Crippen molar-refractivity contribution in [2.24, 2.45) is 0 Å². The summed E-state index contributed by atoms with van der Waals surface area (Å²) in [5, 5.41) is 6.54. The number of ether oxygens (including phenoxy) is 2. The third-order valence-corrected chi connectivity index (χ3v) is 4.63. The molecular formula is C23H28N6O3. The zero-order valence-corrected chi connectivity index (χ0v) is 18.8. The fourth-order valence-electron chi connectivity index (χ4n) is 3.04. The van der Waals surface area contributed by atoms with Gasteiger partial charge in [-0.1, -0.05) is 0 Å². The zero-order chi connectivity index (χ0) is 22.9. The topological polar surface area (TPSA) is 102 Å². The number of esters is 1. The van der Waals surface area contributed by atoms with Gasteiger partial charge >= 0.3 is 5.97 Å². The number of anilines is 3. The van der Waals surface area contributed by atoms with Crippen molar-refractivity contribution in [2.75, 3.05) is 52.0 Å². The largest absolute Gasteiger partial charge is 0.495 e. The minimum Gasteiger partial charge on any atom is -0.495 e. The molecule has 2 N–H and O–H groups in total. The molecule has 0 aliphatic rings. The minimum absolute atomic E-state index is 0.402. The van der Waals surface area contributed by atoms with E-state index in [4.69, 9.17) is 9.47 Å². The Bertz CT molecular complexity index is 1040. The van der Waals surface area contributed by atoms with E-state index < -0.39 is 5.97 Å². The number of hydrogen-bond acceptors (Lipinski definition) is 9. The van der Waals surface area contributed by atoms with E-state index in [0.717, 1.165) is 25.1 Å². The molecule has 0 fully saturated rings. The Hall–Kier alpha value is -3.72. The number of rotatable bonds is 10. The van der Waals surface area contributed by atoms with E-state index in [-0.39, 0.29) is 0 Å². The molecule has 0 radical (unpaired) electrons. The van der Waals surface area contributed by atoms with E-state index >= 15 is 0 Å². The Kier molecular flexibility index (Phi) is 7.93. The Morgan fingerprint density at radius 1 is 1.12 bits per heavy atom. The number of nitrogens with zero attached hydrogens (tertiary/aromatic N) is 4. The highest BCUT2D eigenvalue weighted by atomic mass is 16.5. The van der Waals surface area contributed by atoms with Crippen LogP contribution in [0.1, 0.15) is 16.8 Å². The first-order valence-corrected chi connectivity index (χ1v) is 10.2. The van der Waals surface area contributed by atoms with E-state index in [2.05, 4.69) is 30.5 Å². The van der Waals surface area contributed by atoms with Crippen LogP contribution in [0, 0.1) is 0 Å². The van der Waals surface area contributed by atoms with Crippen molar-refractivity contribution in [3.8, 4) is 17.0 Å². The van der Waals surface area contributed by atoms with Crippen molar-refractivity contribution in [2.45, 2.75) is 6.42 Å². The first-order valence-electron chi connectivity index (χ1n) is 10.2. The number of carbonyl (C=O) groups is 1. The summed E-state index contributed by atoms with van der Waals surface area (Å²) in [6, 6.07) is 10.6. The van der Waals surface area contributed by atoms with Gasteiger partial charge in [0, 0.05) is 30.6 Å². The second-order valence-electron chi connectivity index (χ2n) is 7.32.